The zero-order chi connectivity index (χ0) is 34.8. The van der Waals surface area contributed by atoms with Gasteiger partial charge in [0.05, 0.1) is 33.9 Å². The first-order valence-electron chi connectivity index (χ1n) is 16.7. The van der Waals surface area contributed by atoms with Crippen LogP contribution in [0.3, 0.4) is 0 Å². The lowest BCUT2D eigenvalue weighted by Crippen LogP contribution is -2.55. The molecule has 6 rings (SSSR count). The molecule has 0 saturated heterocycles. The van der Waals surface area contributed by atoms with Gasteiger partial charge in [-0.1, -0.05) is 37.1 Å². The average Bonchev–Trinajstić information content (AvgIpc) is 3.07. The quantitative estimate of drug-likeness (QED) is 0.242. The summed E-state index contributed by atoms with van der Waals surface area (Å²) in [6.45, 7) is 10.9. The zero-order valence-electron chi connectivity index (χ0n) is 29.0. The van der Waals surface area contributed by atoms with Crippen molar-refractivity contribution < 1.29 is 38.1 Å². The van der Waals surface area contributed by atoms with Gasteiger partial charge in [0.1, 0.15) is 33.6 Å². The molecule has 2 aromatic rings. The van der Waals surface area contributed by atoms with E-state index in [1.54, 1.807) is 12.1 Å². The monoisotopic (exact) mass is 658 g/mol. The molecule has 0 amide bonds. The van der Waals surface area contributed by atoms with Crippen LogP contribution in [-0.4, -0.2) is 45.3 Å². The fourth-order valence-corrected chi connectivity index (χ4v) is 9.93. The first kappa shape index (κ1) is 33.6. The highest BCUT2D eigenvalue weighted by Crippen LogP contribution is 2.64. The number of fused-ring (bicyclic) bond motifs is 3. The van der Waals surface area contributed by atoms with Crippen molar-refractivity contribution in [2.24, 2.45) is 28.6 Å². The molecule has 4 aliphatic rings. The van der Waals surface area contributed by atoms with Gasteiger partial charge in [-0.25, -0.2) is 0 Å². The fourth-order valence-electron chi connectivity index (χ4n) is 9.93. The predicted octanol–water partition coefficient (Wildman–Crippen LogP) is 7.28. The molecule has 256 valence electrons. The van der Waals surface area contributed by atoms with E-state index in [0.29, 0.717) is 17.7 Å². The Kier molecular flexibility index (Phi) is 8.41. The standard InChI is InChI=1S/C39H46O9/c1-21-11-13-31-37(3,14-9-15-38(31,4)36(43)47-8)25(21)18-26-22(2)10-12-24-35(42)30(46-7)20-32(41)39(24,26)33-19-27(40)34-28(45-6)16-23(44-5)17-29(34)48-33/h10,16-17,19-20,25-26,31,42H,1,9,11-15,18H2,2-8H3/t25-,26-,31+,37+,38-,39-/m0/s1. The molecule has 4 aliphatic carbocycles. The minimum Gasteiger partial charge on any atom is -0.504 e. The van der Waals surface area contributed by atoms with E-state index < -0.39 is 16.7 Å². The number of esters is 1. The number of ether oxygens (including phenoxy) is 4. The van der Waals surface area contributed by atoms with Crippen LogP contribution in [0, 0.1) is 28.6 Å². The third-order valence-corrected chi connectivity index (χ3v) is 12.3. The maximum absolute atomic E-state index is 14.8. The highest BCUT2D eigenvalue weighted by atomic mass is 16.5. The van der Waals surface area contributed by atoms with E-state index in [1.807, 2.05) is 19.9 Å². The minimum atomic E-state index is -1.54. The number of benzene rings is 1. The molecule has 0 spiro atoms. The molecule has 1 heterocycles. The summed E-state index contributed by atoms with van der Waals surface area (Å²) in [6.07, 6.45) is 8.20. The summed E-state index contributed by atoms with van der Waals surface area (Å²) >= 11 is 0. The number of ketones is 1. The van der Waals surface area contributed by atoms with Crippen molar-refractivity contribution in [2.45, 2.75) is 71.1 Å². The van der Waals surface area contributed by atoms with Crippen molar-refractivity contribution >= 4 is 22.7 Å². The Morgan fingerprint density at radius 3 is 2.46 bits per heavy atom. The number of carbonyl (C=O) groups is 2. The van der Waals surface area contributed by atoms with Gasteiger partial charge in [-0.05, 0) is 69.6 Å². The Morgan fingerprint density at radius 1 is 1.04 bits per heavy atom. The third-order valence-electron chi connectivity index (χ3n) is 12.3. The van der Waals surface area contributed by atoms with Crippen LogP contribution in [-0.2, 0) is 24.5 Å². The molecule has 0 radical (unpaired) electrons. The minimum absolute atomic E-state index is 0.0505. The van der Waals surface area contributed by atoms with Gasteiger partial charge in [-0.2, -0.15) is 0 Å². The summed E-state index contributed by atoms with van der Waals surface area (Å²) in [5.74, 6) is -0.280. The molecule has 2 saturated carbocycles. The van der Waals surface area contributed by atoms with E-state index in [4.69, 9.17) is 23.4 Å². The molecule has 9 nitrogen and oxygen atoms in total. The van der Waals surface area contributed by atoms with Crippen LogP contribution in [0.1, 0.15) is 71.5 Å². The van der Waals surface area contributed by atoms with Crippen LogP contribution in [0.2, 0.25) is 0 Å². The van der Waals surface area contributed by atoms with E-state index in [9.17, 15) is 19.5 Å². The normalized spacial score (nSPS) is 31.8. The van der Waals surface area contributed by atoms with Crippen molar-refractivity contribution in [3.8, 4) is 11.5 Å². The van der Waals surface area contributed by atoms with Crippen LogP contribution in [0.4, 0.5) is 0 Å². The number of hydrogen-bond donors (Lipinski definition) is 1. The average molecular weight is 659 g/mol. The second kappa shape index (κ2) is 12.0. The van der Waals surface area contributed by atoms with Gasteiger partial charge in [0, 0.05) is 35.8 Å². The van der Waals surface area contributed by atoms with Crippen LogP contribution in [0.15, 0.2) is 74.4 Å². The zero-order valence-corrected chi connectivity index (χ0v) is 29.0. The van der Waals surface area contributed by atoms with Crippen molar-refractivity contribution in [1.82, 2.24) is 0 Å². The van der Waals surface area contributed by atoms with Crippen LogP contribution in [0.5, 0.6) is 11.5 Å². The number of allylic oxidation sites excluding steroid dienone is 5. The molecule has 2 fully saturated rings. The van der Waals surface area contributed by atoms with E-state index in [1.165, 1.54) is 40.6 Å². The number of hydrogen-bond acceptors (Lipinski definition) is 9. The number of aliphatic hydroxyl groups is 1. The van der Waals surface area contributed by atoms with Crippen LogP contribution in [0.25, 0.3) is 11.0 Å². The molecule has 48 heavy (non-hydrogen) atoms. The van der Waals surface area contributed by atoms with E-state index in [-0.39, 0.29) is 74.9 Å². The van der Waals surface area contributed by atoms with Crippen molar-refractivity contribution in [2.75, 3.05) is 28.4 Å². The van der Waals surface area contributed by atoms with Gasteiger partial charge in [-0.15, -0.1) is 0 Å². The largest absolute Gasteiger partial charge is 0.504 e. The van der Waals surface area contributed by atoms with E-state index in [0.717, 1.165) is 43.3 Å². The summed E-state index contributed by atoms with van der Waals surface area (Å²) in [5, 5.41) is 11.9. The summed E-state index contributed by atoms with van der Waals surface area (Å²) in [6, 6.07) is 4.59. The van der Waals surface area contributed by atoms with Crippen molar-refractivity contribution in [3.63, 3.8) is 0 Å². The lowest BCUT2D eigenvalue weighted by Gasteiger charge is -2.59. The molecule has 1 aromatic heterocycles. The highest BCUT2D eigenvalue weighted by Gasteiger charge is 2.61. The smallest absolute Gasteiger partial charge is 0.311 e. The van der Waals surface area contributed by atoms with Gasteiger partial charge in [-0.3, -0.25) is 14.4 Å². The summed E-state index contributed by atoms with van der Waals surface area (Å²) in [7, 11) is 5.84. The molecule has 6 atom stereocenters. The van der Waals surface area contributed by atoms with Gasteiger partial charge in [0.25, 0.3) is 0 Å². The van der Waals surface area contributed by atoms with Gasteiger partial charge >= 0.3 is 5.97 Å². The Balaban J connectivity index is 1.58. The number of methoxy groups -OCH3 is 4. The number of aliphatic hydroxyl groups excluding tert-OH is 1. The molecular formula is C39H46O9. The maximum Gasteiger partial charge on any atom is 0.311 e. The Labute approximate surface area is 281 Å². The summed E-state index contributed by atoms with van der Waals surface area (Å²) < 4.78 is 28.4. The van der Waals surface area contributed by atoms with Gasteiger partial charge in [0.15, 0.2) is 22.7 Å². The Hall–Kier alpha value is -4.27. The van der Waals surface area contributed by atoms with Gasteiger partial charge in [0.2, 0.25) is 0 Å². The second-order valence-corrected chi connectivity index (χ2v) is 14.4. The molecule has 0 unspecified atom stereocenters. The molecule has 1 aromatic carbocycles. The first-order valence-corrected chi connectivity index (χ1v) is 16.7. The predicted molar refractivity (Wildman–Crippen MR) is 181 cm³/mol. The van der Waals surface area contributed by atoms with Crippen molar-refractivity contribution in [3.05, 3.63) is 81.2 Å². The van der Waals surface area contributed by atoms with Gasteiger partial charge < -0.3 is 28.5 Å². The maximum atomic E-state index is 14.8. The molecular weight excluding hydrogens is 612 g/mol. The summed E-state index contributed by atoms with van der Waals surface area (Å²) in [5.41, 5.74) is -0.213. The number of rotatable bonds is 7. The molecule has 1 N–H and O–H groups in total. The van der Waals surface area contributed by atoms with E-state index >= 15 is 0 Å². The Bertz CT molecular complexity index is 1860. The Morgan fingerprint density at radius 2 is 1.79 bits per heavy atom. The molecule has 0 aliphatic heterocycles. The SMILES string of the molecule is C=C1CC[C@@H]2[C@](C)(CCC[C@]2(C)C(=O)OC)[C@H]1C[C@H]1C(C)=CCC2=C(O)C(OC)=CC(=O)[C@]21c1cc(=O)c2c(OC)cc(OC)cc2o1. The molecule has 9 heteroatoms. The summed E-state index contributed by atoms with van der Waals surface area (Å²) in [4.78, 5) is 42.1. The van der Waals surface area contributed by atoms with Crippen LogP contribution >= 0.6 is 0 Å². The molecule has 0 bridgehead atoms. The highest BCUT2D eigenvalue weighted by molar-refractivity contribution is 6.05. The lowest BCUT2D eigenvalue weighted by molar-refractivity contribution is -0.168. The van der Waals surface area contributed by atoms with Crippen molar-refractivity contribution in [1.29, 1.82) is 0 Å². The first-order chi connectivity index (χ1) is 22.8. The fraction of sp³-hybridized carbons (Fsp3) is 0.513. The second-order valence-electron chi connectivity index (χ2n) is 14.4. The van der Waals surface area contributed by atoms with Crippen LogP contribution < -0.4 is 14.9 Å². The number of carbonyl (C=O) groups excluding carboxylic acids is 2. The lowest BCUT2D eigenvalue weighted by atomic mass is 9.45. The topological polar surface area (TPSA) is 122 Å². The van der Waals surface area contributed by atoms with E-state index in [2.05, 4.69) is 13.5 Å². The third kappa shape index (κ3) is 4.67.